The van der Waals surface area contributed by atoms with E-state index in [1.54, 1.807) is 11.6 Å². The smallest absolute Gasteiger partial charge is 0.308 e. The molecule has 1 atom stereocenters. The first-order chi connectivity index (χ1) is 8.82. The van der Waals surface area contributed by atoms with Crippen LogP contribution in [-0.4, -0.2) is 33.3 Å². The van der Waals surface area contributed by atoms with Crippen molar-refractivity contribution < 1.29 is 14.7 Å². The van der Waals surface area contributed by atoms with Crippen LogP contribution in [0.5, 0.6) is 0 Å². The normalized spacial score (nSPS) is 12.5. The Morgan fingerprint density at radius 2 is 2.05 bits per heavy atom. The minimum atomic E-state index is -0.924. The molecule has 1 aromatic heterocycles. The molecule has 19 heavy (non-hydrogen) atoms. The van der Waals surface area contributed by atoms with Crippen LogP contribution >= 0.6 is 0 Å². The van der Waals surface area contributed by atoms with Crippen LogP contribution in [0.4, 0.5) is 0 Å². The van der Waals surface area contributed by atoms with Gasteiger partial charge in [0, 0.05) is 18.8 Å². The summed E-state index contributed by atoms with van der Waals surface area (Å²) in [5.74, 6) is -1.36. The Morgan fingerprint density at radius 3 is 2.58 bits per heavy atom. The first-order valence-electron chi connectivity index (χ1n) is 6.36. The maximum Gasteiger partial charge on any atom is 0.308 e. The van der Waals surface area contributed by atoms with Crippen LogP contribution in [0.1, 0.15) is 36.8 Å². The Bertz CT molecular complexity index is 466. The molecular formula is C13H21N3O3. The van der Waals surface area contributed by atoms with Crippen molar-refractivity contribution in [1.82, 2.24) is 15.1 Å². The van der Waals surface area contributed by atoms with Crippen LogP contribution < -0.4 is 5.32 Å². The van der Waals surface area contributed by atoms with Gasteiger partial charge in [0.05, 0.1) is 17.7 Å². The zero-order chi connectivity index (χ0) is 14.6. The Hall–Kier alpha value is -1.85. The predicted molar refractivity (Wildman–Crippen MR) is 70.9 cm³/mol. The summed E-state index contributed by atoms with van der Waals surface area (Å²) < 4.78 is 1.79. The van der Waals surface area contributed by atoms with Crippen LogP contribution in [0.15, 0.2) is 6.20 Å². The van der Waals surface area contributed by atoms with Gasteiger partial charge in [0.1, 0.15) is 0 Å². The van der Waals surface area contributed by atoms with Crippen LogP contribution in [0.2, 0.25) is 0 Å². The summed E-state index contributed by atoms with van der Waals surface area (Å²) >= 11 is 0. The zero-order valence-electron chi connectivity index (χ0n) is 11.8. The van der Waals surface area contributed by atoms with E-state index in [1.165, 1.54) is 6.20 Å². The maximum absolute atomic E-state index is 11.9. The molecule has 0 radical (unpaired) electrons. The fraction of sp³-hybridized carbons (Fsp3) is 0.615. The van der Waals surface area contributed by atoms with Gasteiger partial charge in [0.15, 0.2) is 0 Å². The molecule has 6 heteroatoms. The second kappa shape index (κ2) is 6.36. The maximum atomic E-state index is 11.9. The Morgan fingerprint density at radius 1 is 1.42 bits per heavy atom. The van der Waals surface area contributed by atoms with Gasteiger partial charge in [0.2, 0.25) is 0 Å². The molecule has 1 heterocycles. The zero-order valence-corrected chi connectivity index (χ0v) is 11.8. The van der Waals surface area contributed by atoms with Gasteiger partial charge >= 0.3 is 5.97 Å². The van der Waals surface area contributed by atoms with Gasteiger partial charge in [-0.25, -0.2) is 0 Å². The molecule has 106 valence electrons. The summed E-state index contributed by atoms with van der Waals surface area (Å²) in [5.41, 5.74) is 1.30. The van der Waals surface area contributed by atoms with Crippen molar-refractivity contribution in [2.45, 2.75) is 34.2 Å². The summed E-state index contributed by atoms with van der Waals surface area (Å²) in [6.07, 6.45) is 1.53. The standard InChI is InChI=1S/C13H21N3O3/c1-8(2)7-16-10(4)11(6-15-16)12(17)14-5-9(3)13(18)19/h6,8-9H,5,7H2,1-4H3,(H,14,17)(H,18,19). The lowest BCUT2D eigenvalue weighted by molar-refractivity contribution is -0.140. The van der Waals surface area contributed by atoms with Gasteiger partial charge in [-0.2, -0.15) is 5.10 Å². The molecule has 0 aliphatic carbocycles. The van der Waals surface area contributed by atoms with E-state index in [-0.39, 0.29) is 12.5 Å². The third-order valence-electron chi connectivity index (χ3n) is 2.88. The number of carbonyl (C=O) groups is 2. The second-order valence-corrected chi connectivity index (χ2v) is 5.17. The number of aromatic nitrogens is 2. The number of carboxylic acid groups (broad SMARTS) is 1. The number of aliphatic carboxylic acids is 1. The van der Waals surface area contributed by atoms with Crippen molar-refractivity contribution in [3.05, 3.63) is 17.5 Å². The molecule has 1 rings (SSSR count). The summed E-state index contributed by atoms with van der Waals surface area (Å²) in [4.78, 5) is 22.6. The Balaban J connectivity index is 2.67. The predicted octanol–water partition coefficient (Wildman–Crippen LogP) is 1.30. The van der Waals surface area contributed by atoms with Gasteiger partial charge < -0.3 is 10.4 Å². The van der Waals surface area contributed by atoms with Gasteiger partial charge in [-0.15, -0.1) is 0 Å². The van der Waals surface area contributed by atoms with Gasteiger partial charge in [-0.3, -0.25) is 14.3 Å². The van der Waals surface area contributed by atoms with E-state index < -0.39 is 11.9 Å². The third kappa shape index (κ3) is 4.08. The molecule has 0 spiro atoms. The summed E-state index contributed by atoms with van der Waals surface area (Å²) in [5, 5.41) is 15.5. The Kier molecular flexibility index (Phi) is 5.09. The average molecular weight is 267 g/mol. The van der Waals surface area contributed by atoms with Crippen molar-refractivity contribution in [1.29, 1.82) is 0 Å². The number of amides is 1. The summed E-state index contributed by atoms with van der Waals surface area (Å²) in [7, 11) is 0. The number of carboxylic acids is 1. The van der Waals surface area contributed by atoms with E-state index in [1.807, 2.05) is 6.92 Å². The van der Waals surface area contributed by atoms with Crippen molar-refractivity contribution in [2.24, 2.45) is 11.8 Å². The largest absolute Gasteiger partial charge is 0.481 e. The molecule has 0 saturated heterocycles. The van der Waals surface area contributed by atoms with Crippen molar-refractivity contribution in [3.8, 4) is 0 Å². The number of hydrogen-bond acceptors (Lipinski definition) is 3. The van der Waals surface area contributed by atoms with Crippen LogP contribution in [-0.2, 0) is 11.3 Å². The minimum Gasteiger partial charge on any atom is -0.481 e. The second-order valence-electron chi connectivity index (χ2n) is 5.17. The molecule has 0 aliphatic heterocycles. The fourth-order valence-electron chi connectivity index (χ4n) is 1.63. The van der Waals surface area contributed by atoms with Crippen LogP contribution in [0, 0.1) is 18.8 Å². The SMILES string of the molecule is Cc1c(C(=O)NCC(C)C(=O)O)cnn1CC(C)C. The highest BCUT2D eigenvalue weighted by Gasteiger charge is 2.17. The minimum absolute atomic E-state index is 0.114. The molecule has 1 aromatic rings. The highest BCUT2D eigenvalue weighted by molar-refractivity contribution is 5.95. The molecule has 0 fully saturated rings. The van der Waals surface area contributed by atoms with E-state index in [0.29, 0.717) is 11.5 Å². The first-order valence-corrected chi connectivity index (χ1v) is 6.36. The summed E-state index contributed by atoms with van der Waals surface area (Å²) in [6, 6.07) is 0. The molecule has 0 aliphatic rings. The molecule has 1 amide bonds. The average Bonchev–Trinajstić information content (AvgIpc) is 2.66. The third-order valence-corrected chi connectivity index (χ3v) is 2.88. The molecular weight excluding hydrogens is 246 g/mol. The van der Waals surface area contributed by atoms with Crippen molar-refractivity contribution in [2.75, 3.05) is 6.54 Å². The Labute approximate surface area is 112 Å². The molecule has 6 nitrogen and oxygen atoms in total. The number of rotatable bonds is 6. The van der Waals surface area contributed by atoms with E-state index in [2.05, 4.69) is 24.3 Å². The van der Waals surface area contributed by atoms with Crippen molar-refractivity contribution >= 4 is 11.9 Å². The van der Waals surface area contributed by atoms with E-state index >= 15 is 0 Å². The molecule has 2 N–H and O–H groups in total. The van der Waals surface area contributed by atoms with E-state index in [0.717, 1.165) is 12.2 Å². The van der Waals surface area contributed by atoms with Crippen molar-refractivity contribution in [3.63, 3.8) is 0 Å². The number of carbonyl (C=O) groups excluding carboxylic acids is 1. The molecule has 0 bridgehead atoms. The lowest BCUT2D eigenvalue weighted by Crippen LogP contribution is -2.31. The highest BCUT2D eigenvalue weighted by Crippen LogP contribution is 2.09. The number of nitrogens with one attached hydrogen (secondary N) is 1. The quantitative estimate of drug-likeness (QED) is 0.813. The lowest BCUT2D eigenvalue weighted by Gasteiger charge is -2.09. The summed E-state index contributed by atoms with van der Waals surface area (Å²) in [6.45, 7) is 8.42. The van der Waals surface area contributed by atoms with Crippen LogP contribution in [0.25, 0.3) is 0 Å². The molecule has 0 aromatic carbocycles. The lowest BCUT2D eigenvalue weighted by atomic mass is 10.1. The van der Waals surface area contributed by atoms with Crippen LogP contribution in [0.3, 0.4) is 0 Å². The molecule has 1 unspecified atom stereocenters. The topological polar surface area (TPSA) is 84.2 Å². The monoisotopic (exact) mass is 267 g/mol. The molecule has 0 saturated carbocycles. The van der Waals surface area contributed by atoms with E-state index in [4.69, 9.17) is 5.11 Å². The number of hydrogen-bond donors (Lipinski definition) is 2. The van der Waals surface area contributed by atoms with Gasteiger partial charge in [-0.05, 0) is 12.8 Å². The fourth-order valence-corrected chi connectivity index (χ4v) is 1.63. The number of nitrogens with zero attached hydrogens (tertiary/aromatic N) is 2. The van der Waals surface area contributed by atoms with E-state index in [9.17, 15) is 9.59 Å². The van der Waals surface area contributed by atoms with Gasteiger partial charge in [0.25, 0.3) is 5.91 Å². The highest BCUT2D eigenvalue weighted by atomic mass is 16.4. The first kappa shape index (κ1) is 15.2. The van der Waals surface area contributed by atoms with Gasteiger partial charge in [-0.1, -0.05) is 20.8 Å².